The molecule has 4 N–H and O–H groups in total. The van der Waals surface area contributed by atoms with Gasteiger partial charge >= 0.3 is 0 Å². The minimum Gasteiger partial charge on any atom is -0.507 e. The van der Waals surface area contributed by atoms with E-state index < -0.39 is 6.04 Å². The zero-order valence-corrected chi connectivity index (χ0v) is 20.7. The average Bonchev–Trinajstić information content (AvgIpc) is 2.66. The lowest BCUT2D eigenvalue weighted by molar-refractivity contribution is -0.113. The van der Waals surface area contributed by atoms with Gasteiger partial charge in [0.25, 0.3) is 5.91 Å². The maximum absolute atomic E-state index is 13.4. The molecule has 0 saturated carbocycles. The third kappa shape index (κ3) is 4.96. The van der Waals surface area contributed by atoms with Crippen LogP contribution in [-0.4, -0.2) is 16.1 Å². The number of hydrogen-bond acceptors (Lipinski definition) is 3. The highest BCUT2D eigenvalue weighted by Crippen LogP contribution is 2.42. The molecule has 1 atom stereocenters. The molecule has 0 fully saturated rings. The van der Waals surface area contributed by atoms with E-state index in [0.29, 0.717) is 22.1 Å². The van der Waals surface area contributed by atoms with Gasteiger partial charge in [-0.15, -0.1) is 0 Å². The Morgan fingerprint density at radius 3 is 2.03 bits per heavy atom. The van der Waals surface area contributed by atoms with Gasteiger partial charge in [-0.3, -0.25) is 4.79 Å². The predicted octanol–water partition coefficient (Wildman–Crippen LogP) is 5.42. The highest BCUT2D eigenvalue weighted by molar-refractivity contribution is 7.80. The molecule has 6 heteroatoms. The fourth-order valence-corrected chi connectivity index (χ4v) is 4.20. The van der Waals surface area contributed by atoms with Crippen molar-refractivity contribution in [1.82, 2.24) is 10.6 Å². The Labute approximate surface area is 196 Å². The van der Waals surface area contributed by atoms with Crippen LogP contribution >= 0.6 is 12.2 Å². The summed E-state index contributed by atoms with van der Waals surface area (Å²) >= 11 is 5.43. The number of rotatable bonds is 3. The maximum Gasteiger partial charge on any atom is 0.255 e. The summed E-state index contributed by atoms with van der Waals surface area (Å²) in [5.74, 6) is 0.102. The van der Waals surface area contributed by atoms with Gasteiger partial charge in [0.1, 0.15) is 5.75 Å². The standard InChI is InChI=1S/C26H33N3O2S/c1-15-20(23(31)28-17-11-9-8-10-12-17)21(29-24(32)27-15)16-13-18(25(2,3)4)22(30)19(14-16)26(5,6)7/h8-14,21,30H,1-7H3,(H,28,31)(H2,27,29,32)/t21-/m0/s1. The minimum atomic E-state index is -0.449. The summed E-state index contributed by atoms with van der Waals surface area (Å²) in [4.78, 5) is 13.4. The van der Waals surface area contributed by atoms with Gasteiger partial charge in [-0.2, -0.15) is 0 Å². The summed E-state index contributed by atoms with van der Waals surface area (Å²) in [6.45, 7) is 14.3. The van der Waals surface area contributed by atoms with Crippen molar-refractivity contribution in [3.8, 4) is 5.75 Å². The number of thiocarbonyl (C=S) groups is 1. The number of phenols is 1. The highest BCUT2D eigenvalue weighted by Gasteiger charge is 2.33. The molecule has 1 amide bonds. The predicted molar refractivity (Wildman–Crippen MR) is 135 cm³/mol. The SMILES string of the molecule is CC1=C(C(=O)Nc2ccccc2)[C@H](c2cc(C(C)(C)C)c(O)c(C(C)(C)C)c2)NC(=S)N1. The number of carbonyl (C=O) groups excluding carboxylic acids is 1. The van der Waals surface area contributed by atoms with Crippen molar-refractivity contribution in [1.29, 1.82) is 0 Å². The first-order chi connectivity index (χ1) is 14.8. The van der Waals surface area contributed by atoms with Crippen LogP contribution in [0, 0.1) is 0 Å². The van der Waals surface area contributed by atoms with Crippen LogP contribution in [0.1, 0.15) is 71.2 Å². The number of para-hydroxylation sites is 1. The van der Waals surface area contributed by atoms with Crippen LogP contribution in [0.4, 0.5) is 5.69 Å². The number of phenolic OH excluding ortho intramolecular Hbond substituents is 1. The van der Waals surface area contributed by atoms with Crippen LogP contribution in [0.15, 0.2) is 53.7 Å². The molecule has 170 valence electrons. The normalized spacial score (nSPS) is 17.0. The number of benzene rings is 2. The smallest absolute Gasteiger partial charge is 0.255 e. The molecular formula is C26H33N3O2S. The quantitative estimate of drug-likeness (QED) is 0.469. The Bertz CT molecular complexity index is 1040. The molecule has 1 heterocycles. The van der Waals surface area contributed by atoms with E-state index in [1.54, 1.807) is 0 Å². The van der Waals surface area contributed by atoms with Crippen molar-refractivity contribution in [3.63, 3.8) is 0 Å². The monoisotopic (exact) mass is 451 g/mol. The Morgan fingerprint density at radius 2 is 1.53 bits per heavy atom. The van der Waals surface area contributed by atoms with Crippen LogP contribution in [-0.2, 0) is 15.6 Å². The van der Waals surface area contributed by atoms with Crippen LogP contribution in [0.25, 0.3) is 0 Å². The molecule has 0 saturated heterocycles. The van der Waals surface area contributed by atoms with Crippen LogP contribution < -0.4 is 16.0 Å². The summed E-state index contributed by atoms with van der Waals surface area (Å²) in [5, 5.41) is 20.9. The molecule has 0 radical (unpaired) electrons. The van der Waals surface area contributed by atoms with Gasteiger partial charge in [0.05, 0.1) is 11.6 Å². The zero-order valence-electron chi connectivity index (χ0n) is 19.9. The van der Waals surface area contributed by atoms with Crippen molar-refractivity contribution in [2.45, 2.75) is 65.3 Å². The summed E-state index contributed by atoms with van der Waals surface area (Å²) < 4.78 is 0. The van der Waals surface area contributed by atoms with Gasteiger partial charge in [-0.1, -0.05) is 59.7 Å². The molecule has 0 bridgehead atoms. The second-order valence-electron chi connectivity index (χ2n) is 10.4. The molecule has 0 aromatic heterocycles. The first-order valence-corrected chi connectivity index (χ1v) is 11.2. The summed E-state index contributed by atoms with van der Waals surface area (Å²) in [6, 6.07) is 12.9. The van der Waals surface area contributed by atoms with E-state index in [2.05, 4.69) is 57.5 Å². The van der Waals surface area contributed by atoms with Gasteiger partial charge in [-0.25, -0.2) is 0 Å². The fourth-order valence-electron chi connectivity index (χ4n) is 3.93. The molecular weight excluding hydrogens is 418 g/mol. The maximum atomic E-state index is 13.4. The lowest BCUT2D eigenvalue weighted by Crippen LogP contribution is -2.46. The van der Waals surface area contributed by atoms with E-state index in [-0.39, 0.29) is 16.7 Å². The second kappa shape index (κ2) is 8.58. The molecule has 1 aliphatic rings. The van der Waals surface area contributed by atoms with E-state index in [0.717, 1.165) is 22.4 Å². The molecule has 1 aliphatic heterocycles. The van der Waals surface area contributed by atoms with Crippen LogP contribution in [0.3, 0.4) is 0 Å². The number of anilines is 1. The van der Waals surface area contributed by atoms with E-state index in [4.69, 9.17) is 12.2 Å². The van der Waals surface area contributed by atoms with E-state index in [9.17, 15) is 9.90 Å². The topological polar surface area (TPSA) is 73.4 Å². The molecule has 0 spiro atoms. The fraction of sp³-hybridized carbons (Fsp3) is 0.385. The number of aromatic hydroxyl groups is 1. The number of amides is 1. The van der Waals surface area contributed by atoms with E-state index in [1.165, 1.54) is 0 Å². The third-order valence-corrected chi connectivity index (χ3v) is 5.85. The van der Waals surface area contributed by atoms with Gasteiger partial charge in [-0.05, 0) is 70.9 Å². The molecule has 2 aromatic rings. The van der Waals surface area contributed by atoms with Crippen LogP contribution in [0.2, 0.25) is 0 Å². The van der Waals surface area contributed by atoms with E-state index >= 15 is 0 Å². The van der Waals surface area contributed by atoms with Crippen molar-refractivity contribution in [2.75, 3.05) is 5.32 Å². The number of nitrogens with one attached hydrogen (secondary N) is 3. The van der Waals surface area contributed by atoms with Crippen molar-refractivity contribution >= 4 is 28.9 Å². The third-order valence-electron chi connectivity index (χ3n) is 5.63. The molecule has 0 unspecified atom stereocenters. The van der Waals surface area contributed by atoms with Gasteiger partial charge in [0.2, 0.25) is 0 Å². The zero-order chi connectivity index (χ0) is 23.8. The first kappa shape index (κ1) is 23.8. The molecule has 3 rings (SSSR count). The van der Waals surface area contributed by atoms with Gasteiger partial charge < -0.3 is 21.1 Å². The Kier molecular flexibility index (Phi) is 6.38. The van der Waals surface area contributed by atoms with E-state index in [1.807, 2.05) is 49.4 Å². The summed E-state index contributed by atoms with van der Waals surface area (Å²) in [5.41, 5.74) is 4.00. The number of carbonyl (C=O) groups is 1. The van der Waals surface area contributed by atoms with Crippen molar-refractivity contribution in [2.24, 2.45) is 0 Å². The average molecular weight is 452 g/mol. The summed E-state index contributed by atoms with van der Waals surface area (Å²) in [6.07, 6.45) is 0. The number of allylic oxidation sites excluding steroid dienone is 1. The van der Waals surface area contributed by atoms with Crippen molar-refractivity contribution < 1.29 is 9.90 Å². The summed E-state index contributed by atoms with van der Waals surface area (Å²) in [7, 11) is 0. The molecule has 32 heavy (non-hydrogen) atoms. The Hall–Kier alpha value is -2.86. The molecule has 0 aliphatic carbocycles. The Morgan fingerprint density at radius 1 is 1.00 bits per heavy atom. The lowest BCUT2D eigenvalue weighted by atomic mass is 9.77. The molecule has 5 nitrogen and oxygen atoms in total. The van der Waals surface area contributed by atoms with Crippen molar-refractivity contribution in [3.05, 3.63) is 70.4 Å². The lowest BCUT2D eigenvalue weighted by Gasteiger charge is -2.33. The van der Waals surface area contributed by atoms with Crippen LogP contribution in [0.5, 0.6) is 5.75 Å². The highest BCUT2D eigenvalue weighted by atomic mass is 32.1. The second-order valence-corrected chi connectivity index (χ2v) is 10.8. The Balaban J connectivity index is 2.16. The number of hydrogen-bond donors (Lipinski definition) is 4. The van der Waals surface area contributed by atoms with Gasteiger partial charge in [0.15, 0.2) is 5.11 Å². The molecule has 2 aromatic carbocycles. The largest absolute Gasteiger partial charge is 0.507 e. The first-order valence-electron chi connectivity index (χ1n) is 10.8. The minimum absolute atomic E-state index is 0.205. The van der Waals surface area contributed by atoms with Gasteiger partial charge in [0, 0.05) is 11.4 Å².